The zero-order valence-corrected chi connectivity index (χ0v) is 23.2. The van der Waals surface area contributed by atoms with Gasteiger partial charge in [0.25, 0.3) is 0 Å². The Morgan fingerprint density at radius 1 is 1.10 bits per heavy atom. The SMILES string of the molecule is CNCc1ccc(-c2cccn3cc([C@@H]4CCCN4C(=O)[C@@H](NC(=O)[C@H](C)NC)C4CCOCC4)nc23)cc1. The second-order valence-electron chi connectivity index (χ2n) is 10.7. The molecule has 2 aliphatic heterocycles. The third-order valence-corrected chi connectivity index (χ3v) is 8.15. The van der Waals surface area contributed by atoms with Crippen LogP contribution in [0.3, 0.4) is 0 Å². The van der Waals surface area contributed by atoms with Gasteiger partial charge in [0.05, 0.1) is 17.8 Å². The first kappa shape index (κ1) is 27.3. The summed E-state index contributed by atoms with van der Waals surface area (Å²) in [6, 6.07) is 11.6. The Hall–Kier alpha value is -3.27. The molecule has 0 radical (unpaired) electrons. The van der Waals surface area contributed by atoms with Crippen LogP contribution in [-0.4, -0.2) is 72.0 Å². The van der Waals surface area contributed by atoms with E-state index in [9.17, 15) is 9.59 Å². The van der Waals surface area contributed by atoms with Crippen LogP contribution >= 0.6 is 0 Å². The number of rotatable bonds is 9. The van der Waals surface area contributed by atoms with Crippen molar-refractivity contribution >= 4 is 17.5 Å². The Labute approximate surface area is 230 Å². The van der Waals surface area contributed by atoms with Crippen LogP contribution in [-0.2, 0) is 20.9 Å². The number of amides is 2. The van der Waals surface area contributed by atoms with Crippen LogP contribution < -0.4 is 16.0 Å². The van der Waals surface area contributed by atoms with Crippen molar-refractivity contribution in [2.24, 2.45) is 5.92 Å². The van der Waals surface area contributed by atoms with Crippen LogP contribution in [0.5, 0.6) is 0 Å². The molecule has 208 valence electrons. The van der Waals surface area contributed by atoms with E-state index in [1.54, 1.807) is 7.05 Å². The lowest BCUT2D eigenvalue weighted by Gasteiger charge is -2.35. The molecule has 2 fully saturated rings. The summed E-state index contributed by atoms with van der Waals surface area (Å²) in [6.45, 7) is 4.52. The van der Waals surface area contributed by atoms with Gasteiger partial charge < -0.3 is 30.0 Å². The van der Waals surface area contributed by atoms with Gasteiger partial charge in [-0.05, 0) is 75.9 Å². The highest BCUT2D eigenvalue weighted by molar-refractivity contribution is 5.90. The molecule has 0 saturated carbocycles. The minimum Gasteiger partial charge on any atom is -0.381 e. The van der Waals surface area contributed by atoms with Gasteiger partial charge in [0, 0.05) is 44.3 Å². The zero-order chi connectivity index (χ0) is 27.4. The van der Waals surface area contributed by atoms with Crippen molar-refractivity contribution in [3.63, 3.8) is 0 Å². The quantitative estimate of drug-likeness (QED) is 0.392. The van der Waals surface area contributed by atoms with E-state index in [4.69, 9.17) is 9.72 Å². The number of hydrogen-bond acceptors (Lipinski definition) is 6. The van der Waals surface area contributed by atoms with Crippen molar-refractivity contribution in [1.29, 1.82) is 0 Å². The number of imidazole rings is 1. The number of fused-ring (bicyclic) bond motifs is 1. The topological polar surface area (TPSA) is 100 Å². The molecule has 5 rings (SSSR count). The van der Waals surface area contributed by atoms with Crippen molar-refractivity contribution in [1.82, 2.24) is 30.2 Å². The molecule has 2 aliphatic rings. The second kappa shape index (κ2) is 12.3. The maximum absolute atomic E-state index is 14.1. The average Bonchev–Trinajstić information content (AvgIpc) is 3.63. The lowest BCUT2D eigenvalue weighted by molar-refractivity contribution is -0.140. The second-order valence-corrected chi connectivity index (χ2v) is 10.7. The first-order valence-corrected chi connectivity index (χ1v) is 14.1. The number of likely N-dealkylation sites (N-methyl/N-ethyl adjacent to an activating group) is 1. The molecule has 2 aromatic heterocycles. The van der Waals surface area contributed by atoms with Crippen molar-refractivity contribution in [3.05, 3.63) is 60.0 Å². The first-order chi connectivity index (χ1) is 19.0. The van der Waals surface area contributed by atoms with Gasteiger partial charge in [-0.1, -0.05) is 24.3 Å². The third-order valence-electron chi connectivity index (χ3n) is 8.15. The smallest absolute Gasteiger partial charge is 0.246 e. The molecule has 0 aliphatic carbocycles. The molecule has 1 aromatic carbocycles. The summed E-state index contributed by atoms with van der Waals surface area (Å²) in [5, 5.41) is 9.25. The van der Waals surface area contributed by atoms with Crippen LogP contribution in [0, 0.1) is 5.92 Å². The van der Waals surface area contributed by atoms with Crippen LogP contribution in [0.2, 0.25) is 0 Å². The van der Waals surface area contributed by atoms with Crippen LogP contribution in [0.1, 0.15) is 49.9 Å². The van der Waals surface area contributed by atoms with Crippen molar-refractivity contribution < 1.29 is 14.3 Å². The molecule has 0 bridgehead atoms. The van der Waals surface area contributed by atoms with Gasteiger partial charge in [-0.2, -0.15) is 0 Å². The average molecular weight is 533 g/mol. The number of aromatic nitrogens is 2. The highest BCUT2D eigenvalue weighted by Crippen LogP contribution is 2.35. The predicted octanol–water partition coefficient (Wildman–Crippen LogP) is 2.90. The number of hydrogen-bond donors (Lipinski definition) is 3. The highest BCUT2D eigenvalue weighted by atomic mass is 16.5. The number of nitrogens with one attached hydrogen (secondary N) is 3. The Balaban J connectivity index is 1.42. The molecule has 2 saturated heterocycles. The molecule has 9 nitrogen and oxygen atoms in total. The molecule has 4 heterocycles. The van der Waals surface area contributed by atoms with E-state index in [1.807, 2.05) is 31.1 Å². The number of carbonyl (C=O) groups is 2. The molecular weight excluding hydrogens is 492 g/mol. The van der Waals surface area contributed by atoms with Crippen molar-refractivity contribution in [2.75, 3.05) is 33.9 Å². The molecule has 3 N–H and O–H groups in total. The van der Waals surface area contributed by atoms with Gasteiger partial charge in [-0.3, -0.25) is 9.59 Å². The molecule has 3 aromatic rings. The van der Waals surface area contributed by atoms with E-state index in [1.165, 1.54) is 5.56 Å². The summed E-state index contributed by atoms with van der Waals surface area (Å²) in [4.78, 5) is 33.9. The predicted molar refractivity (Wildman–Crippen MR) is 151 cm³/mol. The number of ether oxygens (including phenoxy) is 1. The third kappa shape index (κ3) is 5.85. The summed E-state index contributed by atoms with van der Waals surface area (Å²) in [6.07, 6.45) is 7.34. The molecule has 3 atom stereocenters. The van der Waals surface area contributed by atoms with Crippen molar-refractivity contribution in [2.45, 2.75) is 57.3 Å². The first-order valence-electron chi connectivity index (χ1n) is 14.1. The Morgan fingerprint density at radius 3 is 2.59 bits per heavy atom. The van der Waals surface area contributed by atoms with E-state index in [0.29, 0.717) is 19.8 Å². The molecular formula is C30H40N6O3. The lowest BCUT2D eigenvalue weighted by atomic mass is 9.90. The molecule has 39 heavy (non-hydrogen) atoms. The monoisotopic (exact) mass is 532 g/mol. The van der Waals surface area contributed by atoms with E-state index in [-0.39, 0.29) is 29.8 Å². The van der Waals surface area contributed by atoms with Gasteiger partial charge in [0.15, 0.2) is 0 Å². The molecule has 0 unspecified atom stereocenters. The molecule has 2 amide bonds. The van der Waals surface area contributed by atoms with Gasteiger partial charge in [0.2, 0.25) is 11.8 Å². The van der Waals surface area contributed by atoms with E-state index in [2.05, 4.69) is 56.9 Å². The van der Waals surface area contributed by atoms with Crippen molar-refractivity contribution in [3.8, 4) is 11.1 Å². The Bertz CT molecular complexity index is 1280. The maximum Gasteiger partial charge on any atom is 0.246 e. The molecule has 9 heteroatoms. The van der Waals surface area contributed by atoms with Gasteiger partial charge in [-0.25, -0.2) is 4.98 Å². The standard InChI is InChI=1S/C30H40N6O3/c1-20(32-3)29(37)34-27(23-12-16-39-17-13-23)30(38)36-15-5-7-26(36)25-19-35-14-4-6-24(28(35)33-25)22-10-8-21(9-11-22)18-31-2/h4,6,8-11,14,19-20,23,26-27,31-32H,5,7,12-13,15-18H2,1-3H3,(H,34,37)/t20-,26-,27-/m0/s1. The summed E-state index contributed by atoms with van der Waals surface area (Å²) >= 11 is 0. The summed E-state index contributed by atoms with van der Waals surface area (Å²) in [5.41, 5.74) is 5.17. The fraction of sp³-hybridized carbons (Fsp3) is 0.500. The van der Waals surface area contributed by atoms with Gasteiger partial charge >= 0.3 is 0 Å². The minimum atomic E-state index is -0.568. The number of pyridine rings is 1. The largest absolute Gasteiger partial charge is 0.381 e. The maximum atomic E-state index is 14.1. The fourth-order valence-corrected chi connectivity index (χ4v) is 5.78. The normalized spacial score (nSPS) is 19.8. The number of nitrogens with zero attached hydrogens (tertiary/aromatic N) is 3. The van der Waals surface area contributed by atoms with Crippen LogP contribution in [0.4, 0.5) is 0 Å². The number of benzene rings is 1. The van der Waals surface area contributed by atoms with E-state index in [0.717, 1.165) is 54.7 Å². The molecule has 0 spiro atoms. The lowest BCUT2D eigenvalue weighted by Crippen LogP contribution is -2.56. The Morgan fingerprint density at radius 2 is 1.87 bits per heavy atom. The van der Waals surface area contributed by atoms with E-state index >= 15 is 0 Å². The highest BCUT2D eigenvalue weighted by Gasteiger charge is 2.40. The van der Waals surface area contributed by atoms with Gasteiger partial charge in [0.1, 0.15) is 11.7 Å². The zero-order valence-electron chi connectivity index (χ0n) is 23.2. The van der Waals surface area contributed by atoms with Crippen LogP contribution in [0.25, 0.3) is 16.8 Å². The summed E-state index contributed by atoms with van der Waals surface area (Å²) in [7, 11) is 3.70. The van der Waals surface area contributed by atoms with Gasteiger partial charge in [-0.15, -0.1) is 0 Å². The summed E-state index contributed by atoms with van der Waals surface area (Å²) in [5.74, 6) is -0.117. The summed E-state index contributed by atoms with van der Waals surface area (Å²) < 4.78 is 7.61. The number of carbonyl (C=O) groups excluding carboxylic acids is 2. The minimum absolute atomic E-state index is 0.0153. The Kier molecular flexibility index (Phi) is 8.60. The fourth-order valence-electron chi connectivity index (χ4n) is 5.78. The van der Waals surface area contributed by atoms with Crippen LogP contribution in [0.15, 0.2) is 48.8 Å². The number of likely N-dealkylation sites (tertiary alicyclic amines) is 1. The van der Waals surface area contributed by atoms with E-state index < -0.39 is 6.04 Å².